The number of carbonyl (C=O) groups excluding carboxylic acids is 3. The van der Waals surface area contributed by atoms with Crippen molar-refractivity contribution in [1.29, 1.82) is 0 Å². The number of ether oxygens (including phenoxy) is 4. The zero-order valence-corrected chi connectivity index (χ0v) is 23.5. The third-order valence-corrected chi connectivity index (χ3v) is 6.10. The van der Waals surface area contributed by atoms with Gasteiger partial charge >= 0.3 is 17.9 Å². The lowest BCUT2D eigenvalue weighted by Crippen LogP contribution is -2.12. The van der Waals surface area contributed by atoms with E-state index in [0.717, 1.165) is 33.6 Å². The van der Waals surface area contributed by atoms with Crippen molar-refractivity contribution in [3.8, 4) is 11.5 Å². The van der Waals surface area contributed by atoms with Crippen LogP contribution in [0.1, 0.15) is 55.9 Å². The predicted molar refractivity (Wildman–Crippen MR) is 155 cm³/mol. The normalized spacial score (nSPS) is 11.8. The average Bonchev–Trinajstić information content (AvgIpc) is 2.92. The summed E-state index contributed by atoms with van der Waals surface area (Å²) in [5, 5.41) is 0. The van der Waals surface area contributed by atoms with E-state index < -0.39 is 17.9 Å². The van der Waals surface area contributed by atoms with Crippen molar-refractivity contribution in [2.75, 3.05) is 19.8 Å². The zero-order valence-electron chi connectivity index (χ0n) is 23.5. The predicted octanol–water partition coefficient (Wildman–Crippen LogP) is 6.20. The van der Waals surface area contributed by atoms with Crippen LogP contribution in [0.25, 0.3) is 11.6 Å². The minimum Gasteiger partial charge on any atom is -0.488 e. The molecule has 0 aliphatic carbocycles. The molecule has 2 aromatic rings. The minimum absolute atomic E-state index is 0.283. The van der Waals surface area contributed by atoms with Crippen LogP contribution < -0.4 is 9.47 Å². The Morgan fingerprint density at radius 2 is 1.38 bits per heavy atom. The van der Waals surface area contributed by atoms with Crippen molar-refractivity contribution >= 4 is 29.6 Å². The molecule has 40 heavy (non-hydrogen) atoms. The van der Waals surface area contributed by atoms with Gasteiger partial charge in [-0.15, -0.1) is 0 Å². The molecule has 0 unspecified atom stereocenters. The van der Waals surface area contributed by atoms with Crippen molar-refractivity contribution in [3.05, 3.63) is 95.1 Å². The van der Waals surface area contributed by atoms with Crippen LogP contribution in [0.2, 0.25) is 0 Å². The molecule has 0 N–H and O–H groups in total. The molecule has 0 atom stereocenters. The highest BCUT2D eigenvalue weighted by atomic mass is 16.5. The number of hydrogen-bond acceptors (Lipinski definition) is 7. The van der Waals surface area contributed by atoms with Gasteiger partial charge in [0.15, 0.2) is 0 Å². The molecule has 0 bridgehead atoms. The first-order chi connectivity index (χ1) is 19.0. The Morgan fingerprint density at radius 1 is 0.800 bits per heavy atom. The molecular formula is C33H36O7. The summed E-state index contributed by atoms with van der Waals surface area (Å²) in [7, 11) is 0. The van der Waals surface area contributed by atoms with Crippen LogP contribution in [0.15, 0.2) is 72.9 Å². The molecule has 0 aromatic heterocycles. The van der Waals surface area contributed by atoms with Gasteiger partial charge in [0.25, 0.3) is 0 Å². The Hall–Kier alpha value is -4.39. The van der Waals surface area contributed by atoms with Crippen LogP contribution in [0.4, 0.5) is 0 Å². The van der Waals surface area contributed by atoms with Gasteiger partial charge in [0.2, 0.25) is 0 Å². The second-order valence-corrected chi connectivity index (χ2v) is 9.87. The van der Waals surface area contributed by atoms with E-state index in [-0.39, 0.29) is 6.61 Å². The van der Waals surface area contributed by atoms with Gasteiger partial charge in [-0.3, -0.25) is 0 Å². The minimum atomic E-state index is -0.467. The van der Waals surface area contributed by atoms with Crippen molar-refractivity contribution in [2.24, 2.45) is 0 Å². The first-order valence-corrected chi connectivity index (χ1v) is 13.2. The molecule has 1 aliphatic heterocycles. The van der Waals surface area contributed by atoms with E-state index >= 15 is 0 Å². The standard InChI is InChI=1S/C33H36O7/c1-21(2)31(34)37-15-7-9-24-17-26(10-8-16-38-32(35)22(3)4)30-27(18-24)19-28(20-39-30)25-11-13-29(14-12-25)40-33(36)23(5)6/h11-14,17-19H,1,3,5,7-10,15-16,20H2,2,4,6H3. The van der Waals surface area contributed by atoms with Crippen LogP contribution in [-0.4, -0.2) is 37.7 Å². The third-order valence-electron chi connectivity index (χ3n) is 6.10. The Balaban J connectivity index is 1.79. The van der Waals surface area contributed by atoms with E-state index in [0.29, 0.717) is 61.4 Å². The Labute approximate surface area is 235 Å². The number of carbonyl (C=O) groups is 3. The molecule has 1 aliphatic rings. The zero-order chi connectivity index (χ0) is 29.2. The van der Waals surface area contributed by atoms with Gasteiger partial charge < -0.3 is 18.9 Å². The molecule has 2 aromatic carbocycles. The summed E-state index contributed by atoms with van der Waals surface area (Å²) in [4.78, 5) is 35.2. The second-order valence-electron chi connectivity index (χ2n) is 9.87. The monoisotopic (exact) mass is 544 g/mol. The van der Waals surface area contributed by atoms with E-state index in [1.807, 2.05) is 12.1 Å². The highest BCUT2D eigenvalue weighted by Crippen LogP contribution is 2.36. The highest BCUT2D eigenvalue weighted by molar-refractivity contribution is 5.89. The van der Waals surface area contributed by atoms with Gasteiger partial charge in [-0.1, -0.05) is 37.9 Å². The molecular weight excluding hydrogens is 508 g/mol. The topological polar surface area (TPSA) is 88.1 Å². The van der Waals surface area contributed by atoms with Crippen LogP contribution in [0.3, 0.4) is 0 Å². The number of hydrogen-bond donors (Lipinski definition) is 0. The van der Waals surface area contributed by atoms with Gasteiger partial charge in [0.05, 0.1) is 13.2 Å². The summed E-state index contributed by atoms with van der Waals surface area (Å²) < 4.78 is 22.0. The molecule has 0 saturated carbocycles. The maximum Gasteiger partial charge on any atom is 0.338 e. The lowest BCUT2D eigenvalue weighted by molar-refractivity contribution is -0.139. The van der Waals surface area contributed by atoms with Crippen molar-refractivity contribution in [3.63, 3.8) is 0 Å². The molecule has 1 heterocycles. The Bertz CT molecular complexity index is 1350. The summed E-state index contributed by atoms with van der Waals surface area (Å²) in [5.41, 5.74) is 6.07. The van der Waals surface area contributed by atoms with Gasteiger partial charge in [0.1, 0.15) is 18.1 Å². The molecule has 7 nitrogen and oxygen atoms in total. The smallest absolute Gasteiger partial charge is 0.338 e. The average molecular weight is 545 g/mol. The highest BCUT2D eigenvalue weighted by Gasteiger charge is 2.19. The van der Waals surface area contributed by atoms with E-state index in [9.17, 15) is 14.4 Å². The van der Waals surface area contributed by atoms with Gasteiger partial charge in [0, 0.05) is 22.3 Å². The maximum atomic E-state index is 11.8. The van der Waals surface area contributed by atoms with Crippen LogP contribution >= 0.6 is 0 Å². The quantitative estimate of drug-likeness (QED) is 0.128. The van der Waals surface area contributed by atoms with E-state index in [1.165, 1.54) is 0 Å². The van der Waals surface area contributed by atoms with Crippen LogP contribution in [0, 0.1) is 0 Å². The summed E-state index contributed by atoms with van der Waals surface area (Å²) in [6.45, 7) is 16.6. The number of rotatable bonds is 13. The van der Waals surface area contributed by atoms with Gasteiger partial charge in [-0.05, 0) is 93.0 Å². The van der Waals surface area contributed by atoms with Crippen molar-refractivity contribution in [2.45, 2.75) is 46.5 Å². The largest absolute Gasteiger partial charge is 0.488 e. The van der Waals surface area contributed by atoms with Gasteiger partial charge in [-0.25, -0.2) is 14.4 Å². The fourth-order valence-corrected chi connectivity index (χ4v) is 3.99. The molecule has 0 radical (unpaired) electrons. The fraction of sp³-hybridized carbons (Fsp3) is 0.303. The van der Waals surface area contributed by atoms with Crippen molar-refractivity contribution < 1.29 is 33.3 Å². The van der Waals surface area contributed by atoms with Gasteiger partial charge in [-0.2, -0.15) is 0 Å². The number of esters is 3. The van der Waals surface area contributed by atoms with E-state index in [2.05, 4.69) is 37.9 Å². The molecule has 0 spiro atoms. The number of aryl methyl sites for hydroxylation is 2. The lowest BCUT2D eigenvalue weighted by Gasteiger charge is -2.22. The van der Waals surface area contributed by atoms with Crippen LogP contribution in [0.5, 0.6) is 11.5 Å². The van der Waals surface area contributed by atoms with Crippen molar-refractivity contribution in [1.82, 2.24) is 0 Å². The molecule has 7 heteroatoms. The summed E-state index contributed by atoms with van der Waals surface area (Å²) in [5.74, 6) is -0.00919. The first kappa shape index (κ1) is 30.2. The van der Waals surface area contributed by atoms with Crippen LogP contribution in [-0.2, 0) is 36.7 Å². The van der Waals surface area contributed by atoms with E-state index in [4.69, 9.17) is 18.9 Å². The Morgan fingerprint density at radius 3 is 1.95 bits per heavy atom. The van der Waals surface area contributed by atoms with E-state index in [1.54, 1.807) is 32.9 Å². The molecule has 0 fully saturated rings. The summed E-state index contributed by atoms with van der Waals surface area (Å²) in [6, 6.07) is 11.4. The summed E-state index contributed by atoms with van der Waals surface area (Å²) >= 11 is 0. The molecule has 210 valence electrons. The fourth-order valence-electron chi connectivity index (χ4n) is 3.99. The molecule has 3 rings (SSSR count). The third kappa shape index (κ3) is 8.56. The second kappa shape index (κ2) is 14.1. The molecule has 0 amide bonds. The number of benzene rings is 2. The maximum absolute atomic E-state index is 11.8. The first-order valence-electron chi connectivity index (χ1n) is 13.2. The Kier molecular flexibility index (Phi) is 10.6. The number of fused-ring (bicyclic) bond motifs is 1. The lowest BCUT2D eigenvalue weighted by atomic mass is 9.94. The SMILES string of the molecule is C=C(C)C(=O)OCCCc1cc2c(c(CCCOC(=O)C(=C)C)c1)OCC(c1ccc(OC(=O)C(=C)C)cc1)=C2. The summed E-state index contributed by atoms with van der Waals surface area (Å²) in [6.07, 6.45) is 4.77. The molecule has 0 saturated heterocycles.